The second kappa shape index (κ2) is 5.75. The molecule has 2 nitrogen and oxygen atoms in total. The van der Waals surface area contributed by atoms with Gasteiger partial charge in [-0.05, 0) is 31.7 Å². The number of nitrogens with one attached hydrogen (secondary N) is 1. The summed E-state index contributed by atoms with van der Waals surface area (Å²) in [4.78, 5) is 0. The Hall–Kier alpha value is -1.46. The molecule has 1 unspecified atom stereocenters. The van der Waals surface area contributed by atoms with Gasteiger partial charge in [-0.15, -0.1) is 6.42 Å². The van der Waals surface area contributed by atoms with Gasteiger partial charge in [-0.2, -0.15) is 0 Å². The number of terminal acetylenes is 1. The van der Waals surface area contributed by atoms with Crippen LogP contribution in [0.15, 0.2) is 24.3 Å². The fourth-order valence-corrected chi connectivity index (χ4v) is 1.94. The van der Waals surface area contributed by atoms with E-state index in [9.17, 15) is 0 Å². The van der Waals surface area contributed by atoms with Crippen molar-refractivity contribution in [2.75, 3.05) is 6.61 Å². The average molecular weight is 229 g/mol. The van der Waals surface area contributed by atoms with Crippen molar-refractivity contribution in [2.24, 2.45) is 5.92 Å². The maximum Gasteiger partial charge on any atom is 0.148 e. The van der Waals surface area contributed by atoms with Gasteiger partial charge in [0.15, 0.2) is 0 Å². The maximum atomic E-state index is 5.52. The van der Waals surface area contributed by atoms with Crippen LogP contribution in [-0.2, 0) is 6.54 Å². The fraction of sp³-hybridized carbons (Fsp3) is 0.467. The number of benzene rings is 1. The zero-order valence-corrected chi connectivity index (χ0v) is 10.3. The van der Waals surface area contributed by atoms with Gasteiger partial charge in [-0.1, -0.05) is 24.1 Å². The summed E-state index contributed by atoms with van der Waals surface area (Å²) in [7, 11) is 0. The summed E-state index contributed by atoms with van der Waals surface area (Å²) < 4.78 is 5.52. The van der Waals surface area contributed by atoms with Gasteiger partial charge in [0.2, 0.25) is 0 Å². The van der Waals surface area contributed by atoms with E-state index in [4.69, 9.17) is 11.2 Å². The molecule has 17 heavy (non-hydrogen) atoms. The number of para-hydroxylation sites is 1. The zero-order chi connectivity index (χ0) is 12.1. The molecule has 0 heterocycles. The molecule has 0 aromatic heterocycles. The Morgan fingerprint density at radius 2 is 2.24 bits per heavy atom. The Kier molecular flexibility index (Phi) is 4.06. The van der Waals surface area contributed by atoms with Gasteiger partial charge >= 0.3 is 0 Å². The number of rotatable bonds is 6. The van der Waals surface area contributed by atoms with Crippen molar-refractivity contribution in [3.05, 3.63) is 29.8 Å². The molecular weight excluding hydrogens is 210 g/mol. The van der Waals surface area contributed by atoms with Crippen LogP contribution in [0.1, 0.15) is 25.3 Å². The molecule has 1 aliphatic rings. The molecule has 2 heteroatoms. The minimum Gasteiger partial charge on any atom is -0.481 e. The van der Waals surface area contributed by atoms with E-state index in [-0.39, 0.29) is 0 Å². The van der Waals surface area contributed by atoms with Crippen LogP contribution in [-0.4, -0.2) is 12.6 Å². The molecule has 90 valence electrons. The van der Waals surface area contributed by atoms with Gasteiger partial charge in [0.05, 0.1) is 0 Å². The molecule has 2 rings (SSSR count). The van der Waals surface area contributed by atoms with Crippen LogP contribution in [0.2, 0.25) is 0 Å². The minimum absolute atomic E-state index is 0.329. The Balaban J connectivity index is 1.91. The second-order valence-electron chi connectivity index (χ2n) is 4.61. The van der Waals surface area contributed by atoms with Crippen molar-refractivity contribution in [3.63, 3.8) is 0 Å². The summed E-state index contributed by atoms with van der Waals surface area (Å²) in [6.07, 6.45) is 7.93. The van der Waals surface area contributed by atoms with E-state index >= 15 is 0 Å². The lowest BCUT2D eigenvalue weighted by molar-refractivity contribution is 0.363. The SMILES string of the molecule is C#CCOc1ccccc1CNC(C)C1CC1. The summed E-state index contributed by atoms with van der Waals surface area (Å²) in [5, 5.41) is 3.55. The molecule has 1 N–H and O–H groups in total. The molecule has 0 amide bonds. The minimum atomic E-state index is 0.329. The van der Waals surface area contributed by atoms with Crippen LogP contribution in [0.5, 0.6) is 5.75 Å². The van der Waals surface area contributed by atoms with Crippen molar-refractivity contribution in [2.45, 2.75) is 32.4 Å². The first kappa shape index (κ1) is 12.0. The van der Waals surface area contributed by atoms with E-state index in [2.05, 4.69) is 24.2 Å². The summed E-state index contributed by atoms with van der Waals surface area (Å²) in [6.45, 7) is 3.43. The van der Waals surface area contributed by atoms with E-state index in [1.165, 1.54) is 18.4 Å². The van der Waals surface area contributed by atoms with Crippen LogP contribution in [0.3, 0.4) is 0 Å². The Morgan fingerprint density at radius 3 is 2.94 bits per heavy atom. The van der Waals surface area contributed by atoms with E-state index in [0.717, 1.165) is 18.2 Å². The lowest BCUT2D eigenvalue weighted by Gasteiger charge is -2.15. The molecule has 1 aromatic rings. The normalized spacial score (nSPS) is 16.2. The third-order valence-corrected chi connectivity index (χ3v) is 3.23. The predicted octanol–water partition coefficient (Wildman–Crippen LogP) is 2.59. The van der Waals surface area contributed by atoms with Crippen LogP contribution in [0.4, 0.5) is 0 Å². The topological polar surface area (TPSA) is 21.3 Å². The van der Waals surface area contributed by atoms with Gasteiger partial charge in [0, 0.05) is 18.2 Å². The van der Waals surface area contributed by atoms with Crippen molar-refractivity contribution in [1.29, 1.82) is 0 Å². The first-order chi connectivity index (χ1) is 8.31. The molecule has 0 spiro atoms. The highest BCUT2D eigenvalue weighted by molar-refractivity contribution is 5.33. The fourth-order valence-electron chi connectivity index (χ4n) is 1.94. The molecule has 1 aromatic carbocycles. The average Bonchev–Trinajstić information content (AvgIpc) is 3.18. The molecule has 0 radical (unpaired) electrons. The van der Waals surface area contributed by atoms with E-state index in [1.807, 2.05) is 18.2 Å². The predicted molar refractivity (Wildman–Crippen MR) is 69.8 cm³/mol. The molecule has 0 saturated heterocycles. The smallest absolute Gasteiger partial charge is 0.148 e. The van der Waals surface area contributed by atoms with Crippen molar-refractivity contribution >= 4 is 0 Å². The highest BCUT2D eigenvalue weighted by Crippen LogP contribution is 2.32. The first-order valence-electron chi connectivity index (χ1n) is 6.19. The molecule has 1 fully saturated rings. The molecular formula is C15H19NO. The van der Waals surface area contributed by atoms with Crippen LogP contribution in [0, 0.1) is 18.3 Å². The lowest BCUT2D eigenvalue weighted by Crippen LogP contribution is -2.27. The lowest BCUT2D eigenvalue weighted by atomic mass is 10.1. The van der Waals surface area contributed by atoms with Crippen LogP contribution >= 0.6 is 0 Å². The number of hydrogen-bond acceptors (Lipinski definition) is 2. The van der Waals surface area contributed by atoms with Gasteiger partial charge in [0.1, 0.15) is 12.4 Å². The third kappa shape index (κ3) is 3.51. The monoisotopic (exact) mass is 229 g/mol. The quantitative estimate of drug-likeness (QED) is 0.757. The van der Waals surface area contributed by atoms with Crippen molar-refractivity contribution in [1.82, 2.24) is 5.32 Å². The zero-order valence-electron chi connectivity index (χ0n) is 10.3. The summed E-state index contributed by atoms with van der Waals surface area (Å²) >= 11 is 0. The number of hydrogen-bond donors (Lipinski definition) is 1. The highest BCUT2D eigenvalue weighted by Gasteiger charge is 2.27. The second-order valence-corrected chi connectivity index (χ2v) is 4.61. The summed E-state index contributed by atoms with van der Waals surface area (Å²) in [6, 6.07) is 8.64. The standard InChI is InChI=1S/C15H19NO/c1-3-10-17-15-7-5-4-6-14(15)11-16-12(2)13-8-9-13/h1,4-7,12-13,16H,8-11H2,2H3. The molecule has 0 aliphatic heterocycles. The molecule has 1 aliphatic carbocycles. The van der Waals surface area contributed by atoms with Gasteiger partial charge in [-0.25, -0.2) is 0 Å². The third-order valence-electron chi connectivity index (χ3n) is 3.23. The van der Waals surface area contributed by atoms with Crippen LogP contribution in [0.25, 0.3) is 0 Å². The maximum absolute atomic E-state index is 5.52. The van der Waals surface area contributed by atoms with Gasteiger partial charge in [-0.3, -0.25) is 0 Å². The van der Waals surface area contributed by atoms with Crippen molar-refractivity contribution < 1.29 is 4.74 Å². The first-order valence-corrected chi connectivity index (χ1v) is 6.19. The largest absolute Gasteiger partial charge is 0.481 e. The van der Waals surface area contributed by atoms with E-state index in [0.29, 0.717) is 12.6 Å². The van der Waals surface area contributed by atoms with Gasteiger partial charge < -0.3 is 10.1 Å². The molecule has 1 atom stereocenters. The Labute approximate surface area is 103 Å². The number of ether oxygens (including phenoxy) is 1. The van der Waals surface area contributed by atoms with Gasteiger partial charge in [0.25, 0.3) is 0 Å². The van der Waals surface area contributed by atoms with Crippen molar-refractivity contribution in [3.8, 4) is 18.1 Å². The molecule has 1 saturated carbocycles. The summed E-state index contributed by atoms with van der Waals surface area (Å²) in [5.74, 6) is 4.25. The Morgan fingerprint density at radius 1 is 1.47 bits per heavy atom. The highest BCUT2D eigenvalue weighted by atomic mass is 16.5. The van der Waals surface area contributed by atoms with E-state index < -0.39 is 0 Å². The van der Waals surface area contributed by atoms with Crippen LogP contribution < -0.4 is 10.1 Å². The molecule has 0 bridgehead atoms. The Bertz CT molecular complexity index is 404. The van der Waals surface area contributed by atoms with E-state index in [1.54, 1.807) is 0 Å². The summed E-state index contributed by atoms with van der Waals surface area (Å²) in [5.41, 5.74) is 1.18.